The zero-order valence-electron chi connectivity index (χ0n) is 0.500. The molecule has 0 aliphatic carbocycles. The summed E-state index contributed by atoms with van der Waals surface area (Å²) in [6, 6.07) is 0. The summed E-state index contributed by atoms with van der Waals surface area (Å²) in [4.78, 5) is 0. The minimum absolute atomic E-state index is 0. The minimum atomic E-state index is 0. The Morgan fingerprint density at radius 2 is 0.333 bits per heavy atom. The van der Waals surface area contributed by atoms with E-state index in [0.717, 1.165) is 0 Å². The van der Waals surface area contributed by atoms with E-state index in [2.05, 4.69) is 0 Å². The molecule has 0 aromatic carbocycles. The molecule has 0 unspecified atom stereocenters. The Balaban J connectivity index is 0. The molecular formula is H15Ga5Pb. The molecule has 0 aromatic heterocycles. The van der Waals surface area contributed by atoms with Gasteiger partial charge in [0.05, 0.1) is 0 Å². The summed E-state index contributed by atoms with van der Waals surface area (Å²) < 4.78 is 0. The van der Waals surface area contributed by atoms with Crippen LogP contribution in [0.5, 0.6) is 0 Å². The Morgan fingerprint density at radius 3 is 0.333 bits per heavy atom. The zero-order valence-corrected chi connectivity index (χ0v) is 4.39. The van der Waals surface area contributed by atoms with Gasteiger partial charge >= 0.3 is 99.0 Å². The SMILES string of the molecule is [GaH3].[GaH3].[GaH3].[GaH3].[GaH3].[Pb]. The van der Waals surface area contributed by atoms with Crippen LogP contribution in [0.2, 0.25) is 0 Å². The molecule has 0 amide bonds. The zero-order chi connectivity index (χ0) is 0. The van der Waals surface area contributed by atoms with E-state index in [1.807, 2.05) is 0 Å². The van der Waals surface area contributed by atoms with Gasteiger partial charge in [-0.05, 0) is 0 Å². The van der Waals surface area contributed by atoms with Crippen molar-refractivity contribution in [2.75, 3.05) is 0 Å². The van der Waals surface area contributed by atoms with Gasteiger partial charge in [-0.15, -0.1) is 0 Å². The van der Waals surface area contributed by atoms with Crippen LogP contribution < -0.4 is 0 Å². The van der Waals surface area contributed by atoms with E-state index >= 15 is 0 Å². The summed E-state index contributed by atoms with van der Waals surface area (Å²) in [5, 5.41) is 0. The van der Waals surface area contributed by atoms with E-state index in [9.17, 15) is 0 Å². The summed E-state index contributed by atoms with van der Waals surface area (Å²) in [6.45, 7) is 0. The molecule has 0 aliphatic heterocycles. The van der Waals surface area contributed by atoms with Crippen molar-refractivity contribution >= 4 is 126 Å². The molecule has 0 aliphatic rings. The molecule has 0 fully saturated rings. The standard InChI is InChI=1S/5Ga.Pb.15H. The van der Waals surface area contributed by atoms with Crippen LogP contribution >= 0.6 is 0 Å². The summed E-state index contributed by atoms with van der Waals surface area (Å²) in [7, 11) is 0. The van der Waals surface area contributed by atoms with E-state index in [0.29, 0.717) is 0 Å². The Bertz CT molecular complexity index is 3.90. The fourth-order valence-corrected chi connectivity index (χ4v) is 0. The van der Waals surface area contributed by atoms with Gasteiger partial charge in [-0.3, -0.25) is 0 Å². The second-order valence-electron chi connectivity index (χ2n) is 0. The van der Waals surface area contributed by atoms with Gasteiger partial charge in [-0.1, -0.05) is 0 Å². The van der Waals surface area contributed by atoms with E-state index in [-0.39, 0.29) is 126 Å². The van der Waals surface area contributed by atoms with Gasteiger partial charge in [0, 0.05) is 27.3 Å². The topological polar surface area (TPSA) is 0 Å². The first kappa shape index (κ1) is 49.7. The second kappa shape index (κ2) is 35.5. The van der Waals surface area contributed by atoms with Crippen LogP contribution in [-0.2, 0) is 0 Å². The van der Waals surface area contributed by atoms with E-state index in [1.165, 1.54) is 0 Å². The second-order valence-corrected chi connectivity index (χ2v) is 0. The maximum Gasteiger partial charge on any atom is 0 e. The van der Waals surface area contributed by atoms with Gasteiger partial charge in [-0.2, -0.15) is 0 Å². The van der Waals surface area contributed by atoms with Crippen molar-refractivity contribution in [3.8, 4) is 0 Å². The summed E-state index contributed by atoms with van der Waals surface area (Å²) >= 11 is 0. The van der Waals surface area contributed by atoms with Crippen LogP contribution in [-0.4, -0.2) is 126 Å². The first-order chi connectivity index (χ1) is 0. The molecule has 0 atom stereocenters. The Hall–Kier alpha value is 4.10. The van der Waals surface area contributed by atoms with Crippen molar-refractivity contribution < 1.29 is 0 Å². The number of hydrogen-bond donors (Lipinski definition) is 0. The molecule has 0 saturated heterocycles. The molecule has 34 valence electrons. The molecule has 6 heteroatoms. The average Bonchev–Trinajstić information content (AvgIpc) is 0. The number of rotatable bonds is 0. The van der Waals surface area contributed by atoms with Crippen molar-refractivity contribution in [1.29, 1.82) is 0 Å². The van der Waals surface area contributed by atoms with Crippen molar-refractivity contribution in [2.45, 2.75) is 0 Å². The van der Waals surface area contributed by atoms with Gasteiger partial charge in [0.25, 0.3) is 0 Å². The van der Waals surface area contributed by atoms with E-state index in [1.54, 1.807) is 0 Å². The normalized spacial score (nSPS) is 0. The molecule has 0 saturated carbocycles. The van der Waals surface area contributed by atoms with Crippen LogP contribution in [0.1, 0.15) is 0 Å². The third-order valence-corrected chi connectivity index (χ3v) is 0. The quantitative estimate of drug-likeness (QED) is 0.255. The van der Waals surface area contributed by atoms with Gasteiger partial charge in [-0.25, -0.2) is 0 Å². The first-order valence-corrected chi connectivity index (χ1v) is 0. The first-order valence-electron chi connectivity index (χ1n) is 0. The average molecular weight is 571 g/mol. The molecule has 4 radical (unpaired) electrons. The van der Waals surface area contributed by atoms with Gasteiger partial charge in [0.2, 0.25) is 0 Å². The molecule has 0 rings (SSSR count). The van der Waals surface area contributed by atoms with E-state index < -0.39 is 0 Å². The van der Waals surface area contributed by atoms with Gasteiger partial charge in [0.1, 0.15) is 0 Å². The molecule has 0 aromatic rings. The maximum atomic E-state index is 0. The molecule has 0 heterocycles. The Kier molecular flexibility index (Phi) is 294. The van der Waals surface area contributed by atoms with Crippen molar-refractivity contribution in [3.63, 3.8) is 0 Å². The molecule has 6 heavy (non-hydrogen) atoms. The van der Waals surface area contributed by atoms with Crippen LogP contribution in [0.4, 0.5) is 0 Å². The third kappa shape index (κ3) is 24.3. The van der Waals surface area contributed by atoms with E-state index in [4.69, 9.17) is 0 Å². The fraction of sp³-hybridized carbons (Fsp3) is 0. The predicted octanol–water partition coefficient (Wildman–Crippen LogP) is -6.30. The van der Waals surface area contributed by atoms with Crippen molar-refractivity contribution in [2.24, 2.45) is 0 Å². The molecule has 0 nitrogen and oxygen atoms in total. The maximum absolute atomic E-state index is 0. The van der Waals surface area contributed by atoms with Crippen LogP contribution in [0, 0.1) is 0 Å². The van der Waals surface area contributed by atoms with Gasteiger partial charge < -0.3 is 0 Å². The fourth-order valence-electron chi connectivity index (χ4n) is 0. The Labute approximate surface area is 124 Å². The predicted molar refractivity (Wildman–Crippen MR) is 55.4 cm³/mol. The molecule has 0 spiro atoms. The van der Waals surface area contributed by atoms with Gasteiger partial charge in [0.15, 0.2) is 0 Å². The van der Waals surface area contributed by atoms with Crippen LogP contribution in [0.3, 0.4) is 0 Å². The minimum Gasteiger partial charge on any atom is 0 e. The smallest absolute Gasteiger partial charge is 0 e. The monoisotopic (exact) mass is 568 g/mol. The van der Waals surface area contributed by atoms with Crippen LogP contribution in [0.15, 0.2) is 0 Å². The third-order valence-electron chi connectivity index (χ3n) is 0. The van der Waals surface area contributed by atoms with Crippen LogP contribution in [0.25, 0.3) is 0 Å². The van der Waals surface area contributed by atoms with Crippen molar-refractivity contribution in [1.82, 2.24) is 0 Å². The Morgan fingerprint density at radius 1 is 0.333 bits per heavy atom. The molecule has 0 bridgehead atoms. The molecular weight excluding hydrogens is 556 g/mol. The number of hydrogen-bond acceptors (Lipinski definition) is 0. The summed E-state index contributed by atoms with van der Waals surface area (Å²) in [5.41, 5.74) is 0. The largest absolute Gasteiger partial charge is 0 e. The summed E-state index contributed by atoms with van der Waals surface area (Å²) in [5.74, 6) is 0. The van der Waals surface area contributed by atoms with Crippen molar-refractivity contribution in [3.05, 3.63) is 0 Å². The summed E-state index contributed by atoms with van der Waals surface area (Å²) in [6.07, 6.45) is 0. The molecule has 0 N–H and O–H groups in total.